The molecule has 0 aromatic heterocycles. The normalized spacial score (nSPS) is 55.7. The molecule has 4 aliphatic rings. The van der Waals surface area contributed by atoms with Crippen LogP contribution < -0.4 is 0 Å². The zero-order valence-corrected chi connectivity index (χ0v) is 17.7. The topological polar surface area (TPSA) is 64.2 Å². The van der Waals surface area contributed by atoms with Crippen LogP contribution >= 0.6 is 0 Å². The van der Waals surface area contributed by atoms with Gasteiger partial charge in [-0.25, -0.2) is 0 Å². The van der Waals surface area contributed by atoms with Crippen LogP contribution in [0.4, 0.5) is 0 Å². The van der Waals surface area contributed by atoms with E-state index >= 15 is 0 Å². The lowest BCUT2D eigenvalue weighted by atomic mass is 9.41. The molecule has 0 amide bonds. The zero-order chi connectivity index (χ0) is 19.6. The zero-order valence-electron chi connectivity index (χ0n) is 17.7. The molecule has 0 heterocycles. The van der Waals surface area contributed by atoms with E-state index in [0.717, 1.165) is 25.7 Å². The SMILES string of the molecule is C[C@H](CC#N)[C@H]1CC[C@H]2[C@@H]3C[C@@](C)(O)[C@@H]4C[C@H](O)CC[C@]4(C)[C@H]3CC[C@]12C. The summed E-state index contributed by atoms with van der Waals surface area (Å²) in [5.74, 6) is 3.37. The van der Waals surface area contributed by atoms with Crippen LogP contribution in [0.3, 0.4) is 0 Å². The van der Waals surface area contributed by atoms with Crippen LogP contribution in [0.25, 0.3) is 0 Å². The van der Waals surface area contributed by atoms with Crippen molar-refractivity contribution in [2.75, 3.05) is 0 Å². The molecule has 0 aromatic rings. The molecule has 0 bridgehead atoms. The second-order valence-electron chi connectivity index (χ2n) is 11.5. The van der Waals surface area contributed by atoms with Crippen LogP contribution in [-0.4, -0.2) is 21.9 Å². The molecule has 3 nitrogen and oxygen atoms in total. The first kappa shape index (κ1) is 19.7. The fraction of sp³-hybridized carbons (Fsp3) is 0.958. The molecule has 10 atom stereocenters. The summed E-state index contributed by atoms with van der Waals surface area (Å²) in [6.45, 7) is 9.28. The van der Waals surface area contributed by atoms with E-state index in [9.17, 15) is 15.5 Å². The molecule has 152 valence electrons. The van der Waals surface area contributed by atoms with Gasteiger partial charge in [0, 0.05) is 6.42 Å². The van der Waals surface area contributed by atoms with Gasteiger partial charge in [0.1, 0.15) is 0 Å². The average Bonchev–Trinajstić information content (AvgIpc) is 2.94. The van der Waals surface area contributed by atoms with E-state index in [1.165, 1.54) is 25.7 Å². The van der Waals surface area contributed by atoms with Gasteiger partial charge in [-0.1, -0.05) is 20.8 Å². The third-order valence-electron chi connectivity index (χ3n) is 10.2. The Morgan fingerprint density at radius 2 is 1.70 bits per heavy atom. The molecule has 0 spiro atoms. The van der Waals surface area contributed by atoms with Gasteiger partial charge < -0.3 is 10.2 Å². The van der Waals surface area contributed by atoms with E-state index in [1.54, 1.807) is 0 Å². The third kappa shape index (κ3) is 2.81. The number of hydrogen-bond acceptors (Lipinski definition) is 3. The van der Waals surface area contributed by atoms with Crippen molar-refractivity contribution in [3.63, 3.8) is 0 Å². The van der Waals surface area contributed by atoms with Crippen molar-refractivity contribution in [2.45, 2.75) is 97.2 Å². The standard InChI is InChI=1S/C24H39NO2/c1-15(9-12-25)18-5-6-19-17-14-24(4,27)21-13-16(26)7-10-23(21,3)20(17)8-11-22(18,19)2/h15-21,26-27H,5-11,13-14H2,1-4H3/t15-,16-,17+,18-,19+,20+,21-,22-,23-,24-/m1/s1. The molecular weight excluding hydrogens is 334 g/mol. The lowest BCUT2D eigenvalue weighted by Gasteiger charge is -2.64. The highest BCUT2D eigenvalue weighted by molar-refractivity contribution is 5.14. The van der Waals surface area contributed by atoms with Gasteiger partial charge in [-0.3, -0.25) is 0 Å². The predicted octanol–water partition coefficient (Wildman–Crippen LogP) is 4.92. The Kier molecular flexibility index (Phi) is 4.72. The van der Waals surface area contributed by atoms with Gasteiger partial charge in [-0.05, 0) is 105 Å². The number of hydrogen-bond donors (Lipinski definition) is 2. The van der Waals surface area contributed by atoms with Crippen molar-refractivity contribution in [1.29, 1.82) is 5.26 Å². The molecule has 0 aliphatic heterocycles. The number of aliphatic hydroxyl groups excluding tert-OH is 1. The van der Waals surface area contributed by atoms with Gasteiger partial charge in [0.2, 0.25) is 0 Å². The minimum Gasteiger partial charge on any atom is -0.393 e. The highest BCUT2D eigenvalue weighted by Crippen LogP contribution is 2.69. The van der Waals surface area contributed by atoms with Crippen LogP contribution in [0.1, 0.15) is 85.5 Å². The summed E-state index contributed by atoms with van der Waals surface area (Å²) < 4.78 is 0. The lowest BCUT2D eigenvalue weighted by molar-refractivity contribution is -0.209. The Labute approximate surface area is 165 Å². The Morgan fingerprint density at radius 3 is 2.41 bits per heavy atom. The first-order valence-corrected chi connectivity index (χ1v) is 11.4. The van der Waals surface area contributed by atoms with Crippen molar-refractivity contribution in [1.82, 2.24) is 0 Å². The fourth-order valence-electron chi connectivity index (χ4n) is 8.99. The number of nitriles is 1. The first-order valence-electron chi connectivity index (χ1n) is 11.4. The second-order valence-corrected chi connectivity index (χ2v) is 11.5. The summed E-state index contributed by atoms with van der Waals surface area (Å²) in [5.41, 5.74) is -0.153. The van der Waals surface area contributed by atoms with Crippen molar-refractivity contribution in [3.8, 4) is 6.07 Å². The minimum atomic E-state index is -0.661. The quantitative estimate of drug-likeness (QED) is 0.722. The van der Waals surface area contributed by atoms with Crippen molar-refractivity contribution >= 4 is 0 Å². The molecule has 3 heteroatoms. The Hall–Kier alpha value is -0.590. The van der Waals surface area contributed by atoms with Gasteiger partial charge in [-0.2, -0.15) is 5.26 Å². The molecule has 0 aromatic carbocycles. The van der Waals surface area contributed by atoms with Crippen molar-refractivity contribution in [2.24, 2.45) is 46.3 Å². The summed E-state index contributed by atoms with van der Waals surface area (Å²) in [6, 6.07) is 2.41. The molecular formula is C24H39NO2. The van der Waals surface area contributed by atoms with E-state index in [-0.39, 0.29) is 17.4 Å². The molecule has 0 saturated heterocycles. The van der Waals surface area contributed by atoms with E-state index in [2.05, 4.69) is 33.8 Å². The number of nitrogens with zero attached hydrogens (tertiary/aromatic N) is 1. The molecule has 0 radical (unpaired) electrons. The highest BCUT2D eigenvalue weighted by atomic mass is 16.3. The molecule has 2 N–H and O–H groups in total. The maximum absolute atomic E-state index is 11.5. The van der Waals surface area contributed by atoms with Crippen LogP contribution in [0.5, 0.6) is 0 Å². The van der Waals surface area contributed by atoms with Crippen molar-refractivity contribution in [3.05, 3.63) is 0 Å². The Bertz CT molecular complexity index is 624. The highest BCUT2D eigenvalue weighted by Gasteiger charge is 2.64. The number of rotatable bonds is 2. The van der Waals surface area contributed by atoms with Gasteiger partial charge in [0.15, 0.2) is 0 Å². The van der Waals surface area contributed by atoms with Crippen molar-refractivity contribution < 1.29 is 10.2 Å². The summed E-state index contributed by atoms with van der Waals surface area (Å²) in [6.07, 6.45) is 9.17. The molecule has 4 fully saturated rings. The van der Waals surface area contributed by atoms with E-state index in [1.807, 2.05) is 0 Å². The lowest BCUT2D eigenvalue weighted by Crippen LogP contribution is -2.62. The third-order valence-corrected chi connectivity index (χ3v) is 10.2. The number of fused-ring (bicyclic) bond motifs is 5. The Morgan fingerprint density at radius 1 is 1.04 bits per heavy atom. The second kappa shape index (κ2) is 6.46. The maximum Gasteiger partial charge on any atom is 0.0656 e. The van der Waals surface area contributed by atoms with Crippen LogP contribution in [0.15, 0.2) is 0 Å². The molecule has 4 aliphatic carbocycles. The van der Waals surface area contributed by atoms with Gasteiger partial charge in [0.25, 0.3) is 0 Å². The maximum atomic E-state index is 11.5. The average molecular weight is 374 g/mol. The van der Waals surface area contributed by atoms with Crippen LogP contribution in [0, 0.1) is 57.7 Å². The molecule has 27 heavy (non-hydrogen) atoms. The molecule has 0 unspecified atom stereocenters. The summed E-state index contributed by atoms with van der Waals surface area (Å²) in [7, 11) is 0. The number of aliphatic hydroxyl groups is 2. The molecule has 4 saturated carbocycles. The smallest absolute Gasteiger partial charge is 0.0656 e. The summed E-state index contributed by atoms with van der Waals surface area (Å²) >= 11 is 0. The molecule has 4 rings (SSSR count). The monoisotopic (exact) mass is 373 g/mol. The van der Waals surface area contributed by atoms with Gasteiger partial charge in [0.05, 0.1) is 17.8 Å². The van der Waals surface area contributed by atoms with Gasteiger partial charge in [-0.15, -0.1) is 0 Å². The van der Waals surface area contributed by atoms with Crippen LogP contribution in [-0.2, 0) is 0 Å². The van der Waals surface area contributed by atoms with E-state index in [0.29, 0.717) is 41.4 Å². The largest absolute Gasteiger partial charge is 0.393 e. The van der Waals surface area contributed by atoms with Gasteiger partial charge >= 0.3 is 0 Å². The minimum absolute atomic E-state index is 0.170. The summed E-state index contributed by atoms with van der Waals surface area (Å²) in [5, 5.41) is 31.0. The van der Waals surface area contributed by atoms with E-state index < -0.39 is 5.60 Å². The summed E-state index contributed by atoms with van der Waals surface area (Å²) in [4.78, 5) is 0. The van der Waals surface area contributed by atoms with E-state index in [4.69, 9.17) is 0 Å². The Balaban J connectivity index is 1.65. The van der Waals surface area contributed by atoms with Crippen LogP contribution in [0.2, 0.25) is 0 Å². The first-order chi connectivity index (χ1) is 12.6. The predicted molar refractivity (Wildman–Crippen MR) is 107 cm³/mol. The fourth-order valence-corrected chi connectivity index (χ4v) is 8.99.